The van der Waals surface area contributed by atoms with Crippen LogP contribution in [0, 0.1) is 0 Å². The molecule has 532 valence electrons. The zero-order chi connectivity index (χ0) is 68.3. The van der Waals surface area contributed by atoms with Gasteiger partial charge >= 0.3 is 10.4 Å². The van der Waals surface area contributed by atoms with Gasteiger partial charge in [-0.1, -0.05) is 0 Å². The largest absolute Gasteiger partial charge is 0.397 e. The summed E-state index contributed by atoms with van der Waals surface area (Å²) in [5.74, 6) is -3.56. The molecular weight excluding hydrogens is 1280 g/mol. The Bertz CT molecular complexity index is 2540. The van der Waals surface area contributed by atoms with E-state index in [1.807, 2.05) is 0 Å². The highest BCUT2D eigenvalue weighted by Crippen LogP contribution is 2.39. The molecule has 0 unspecified atom stereocenters. The number of hydrogen-bond acceptors (Lipinski definition) is 36. The van der Waals surface area contributed by atoms with E-state index in [0.29, 0.717) is 0 Å². The van der Waals surface area contributed by atoms with E-state index in [1.165, 1.54) is 13.8 Å². The number of hydrogen-bond donors (Lipinski definition) is 21. The average molecular weight is 1370 g/mol. The summed E-state index contributed by atoms with van der Waals surface area (Å²) >= 11 is 0. The third kappa shape index (κ3) is 17.6. The molecule has 35 atom stereocenters. The Balaban J connectivity index is 1.26. The van der Waals surface area contributed by atoms with Crippen LogP contribution in [-0.4, -0.2) is 366 Å². The summed E-state index contributed by atoms with van der Waals surface area (Å²) in [6, 6.07) is -7.30. The Kier molecular flexibility index (Phi) is 26.7. The highest BCUT2D eigenvalue weighted by molar-refractivity contribution is 7.80. The Hall–Kier alpha value is -3.41. The van der Waals surface area contributed by atoms with E-state index in [4.69, 9.17) is 61.6 Å². The Morgan fingerprint density at radius 2 is 0.707 bits per heavy atom. The van der Waals surface area contributed by atoms with Gasteiger partial charge in [0.05, 0.1) is 45.2 Å². The molecule has 21 N–H and O–H groups in total. The summed E-state index contributed by atoms with van der Waals surface area (Å²) < 4.78 is 114. The molecule has 4 amide bonds. The van der Waals surface area contributed by atoms with Crippen molar-refractivity contribution >= 4 is 34.0 Å². The highest BCUT2D eigenvalue weighted by atomic mass is 32.3. The number of aliphatic hydroxyl groups excluding tert-OH is 16. The van der Waals surface area contributed by atoms with Crippen LogP contribution in [0.15, 0.2) is 0 Å². The predicted octanol–water partition coefficient (Wildman–Crippen LogP) is -13.8. The standard InChI is InChI=1S/C50H84N4O37S/c1-12-27(62)35(70)37(72)48(80-12)88-41-26(54-17(6)61)46(83-19(8-56)31(41)66)87-40-25(53-16(5)60)47(84-18(7-55)30(40)65)90-42-32(67)20(9-57)85-50(43(42)91-49-38(73)36(71)28(63)13(2)81-49)89-39-24(52-15(4)59)44(74)82-21(33(39)68)10-78-45-23(51-14(3)58)34(69)29(64)22(86-45)11-79-92(75,76)77/h12-13,18-50,55-57,62-74H,7-11H2,1-6H3,(H,51,58)(H,52,59)(H,53,60)(H,54,61)(H,75,76,77)/t12-,13-,18+,19+,20+,21+,22+,23+,24+,25+,26+,27+,28+,29+,30-,31+,32-,33-,34+,35+,36+,37-,38-,39+,40+,41+,42-,43+,44-,45+,46+,47+,48-,49-,50-/m0/s1. The fourth-order valence-electron chi connectivity index (χ4n) is 11.5. The van der Waals surface area contributed by atoms with Crippen LogP contribution in [0.3, 0.4) is 0 Å². The summed E-state index contributed by atoms with van der Waals surface area (Å²) in [6.45, 7) is 1.02. The lowest BCUT2D eigenvalue weighted by molar-refractivity contribution is -0.399. The van der Waals surface area contributed by atoms with Gasteiger partial charge in [0.15, 0.2) is 44.0 Å². The second-order valence-electron chi connectivity index (χ2n) is 23.0. The normalized spacial score (nSPS) is 47.0. The van der Waals surface area contributed by atoms with Crippen molar-refractivity contribution in [3.63, 3.8) is 0 Å². The molecule has 0 aromatic rings. The molecule has 7 rings (SSSR count). The highest BCUT2D eigenvalue weighted by Gasteiger charge is 2.60. The topological polar surface area (TPSA) is 624 Å². The molecule has 0 bridgehead atoms. The Morgan fingerprint density at radius 3 is 1.15 bits per heavy atom. The lowest BCUT2D eigenvalue weighted by Crippen LogP contribution is -2.72. The number of ether oxygens (including phenoxy) is 13. The van der Waals surface area contributed by atoms with E-state index in [-0.39, 0.29) is 0 Å². The second kappa shape index (κ2) is 32.3. The zero-order valence-electron chi connectivity index (χ0n) is 49.9. The van der Waals surface area contributed by atoms with Crippen molar-refractivity contribution in [2.45, 2.75) is 256 Å². The van der Waals surface area contributed by atoms with Crippen molar-refractivity contribution < 1.29 is 180 Å². The van der Waals surface area contributed by atoms with Crippen molar-refractivity contribution in [3.8, 4) is 0 Å². The predicted molar refractivity (Wildman–Crippen MR) is 286 cm³/mol. The minimum absolute atomic E-state index is 0.829. The third-order valence-electron chi connectivity index (χ3n) is 16.3. The monoisotopic (exact) mass is 1360 g/mol. The molecule has 7 heterocycles. The molecule has 41 nitrogen and oxygen atoms in total. The molecule has 0 aliphatic carbocycles. The van der Waals surface area contributed by atoms with E-state index in [1.54, 1.807) is 0 Å². The van der Waals surface area contributed by atoms with Gasteiger partial charge in [0.25, 0.3) is 0 Å². The lowest BCUT2D eigenvalue weighted by Gasteiger charge is -2.52. The first-order valence-corrected chi connectivity index (χ1v) is 30.3. The van der Waals surface area contributed by atoms with Crippen LogP contribution in [0.4, 0.5) is 0 Å². The lowest BCUT2D eigenvalue weighted by atomic mass is 9.93. The summed E-state index contributed by atoms with van der Waals surface area (Å²) in [7, 11) is -5.17. The molecule has 7 fully saturated rings. The van der Waals surface area contributed by atoms with Crippen LogP contribution in [-0.2, 0) is 95.3 Å². The molecule has 92 heavy (non-hydrogen) atoms. The smallest absolute Gasteiger partial charge is 0.394 e. The van der Waals surface area contributed by atoms with Crippen LogP contribution >= 0.6 is 0 Å². The summed E-state index contributed by atoms with van der Waals surface area (Å²) in [4.78, 5) is 51.3. The second-order valence-corrected chi connectivity index (χ2v) is 24.1. The average Bonchev–Trinajstić information content (AvgIpc) is 0.772. The zero-order valence-corrected chi connectivity index (χ0v) is 50.7. The van der Waals surface area contributed by atoms with E-state index < -0.39 is 282 Å². The molecule has 0 radical (unpaired) electrons. The van der Waals surface area contributed by atoms with Gasteiger partial charge < -0.3 is 165 Å². The van der Waals surface area contributed by atoms with Crippen LogP contribution in [0.5, 0.6) is 0 Å². The third-order valence-corrected chi connectivity index (χ3v) is 16.7. The number of carbonyl (C=O) groups excluding carboxylic acids is 4. The van der Waals surface area contributed by atoms with Gasteiger partial charge in [-0.05, 0) is 13.8 Å². The Labute approximate surface area is 523 Å². The summed E-state index contributed by atoms with van der Waals surface area (Å²) in [6.07, 6.45) is -61.0. The summed E-state index contributed by atoms with van der Waals surface area (Å²) in [5, 5.41) is 188. The molecule has 0 aromatic carbocycles. The molecule has 42 heteroatoms. The minimum atomic E-state index is -5.17. The fraction of sp³-hybridized carbons (Fsp3) is 0.920. The Morgan fingerprint density at radius 1 is 0.359 bits per heavy atom. The first-order chi connectivity index (χ1) is 43.1. The quantitative estimate of drug-likeness (QED) is 0.0422. The van der Waals surface area contributed by atoms with Gasteiger partial charge in [0.1, 0.15) is 158 Å². The van der Waals surface area contributed by atoms with Crippen LogP contribution in [0.2, 0.25) is 0 Å². The fourth-order valence-corrected chi connectivity index (χ4v) is 11.8. The molecule has 0 aromatic heterocycles. The first kappa shape index (κ1) is 76.0. The van der Waals surface area contributed by atoms with Crippen LogP contribution in [0.25, 0.3) is 0 Å². The summed E-state index contributed by atoms with van der Waals surface area (Å²) in [5.41, 5.74) is 0. The van der Waals surface area contributed by atoms with Crippen LogP contribution in [0.1, 0.15) is 41.5 Å². The van der Waals surface area contributed by atoms with Gasteiger partial charge in [0.2, 0.25) is 23.6 Å². The number of carbonyl (C=O) groups is 4. The van der Waals surface area contributed by atoms with E-state index >= 15 is 0 Å². The molecule has 0 spiro atoms. The SMILES string of the molecule is CC(=O)N[C@@H]1[C@@H](O[C@@H]2O[C@H](CO)[C@H](O)[C@H](O[C@H]3O[C@H](CO)[C@H](O)[C@H](O[C@H]4O[C@H](CO)[C@@H](O)[C@H](O[C@@H]5O[C@@H](C)[C@@H](O)[C@@H](O)[C@@H]5O)[C@H]4NC(C)=O)[C@H]3NC(C)=O)[C@H]2O[C@@H]2O[C@@H](C)[C@@H](O)[C@@H](O)[C@@H]2O)[C@@H](O)[C@@H](CO[C@@H]2O[C@H](COS(=O)(=O)O)[C@@H](O)[C@H](O)[C@H]2NC(C)=O)O[C@@H]1O. The van der Waals surface area contributed by atoms with Gasteiger partial charge in [-0.3, -0.25) is 23.7 Å². The van der Waals surface area contributed by atoms with Crippen molar-refractivity contribution in [2.24, 2.45) is 0 Å². The molecular formula is C50H84N4O37S. The van der Waals surface area contributed by atoms with E-state index in [0.717, 1.165) is 27.7 Å². The van der Waals surface area contributed by atoms with Crippen molar-refractivity contribution in [2.75, 3.05) is 33.0 Å². The number of aliphatic hydroxyl groups is 16. The number of nitrogens with one attached hydrogen (secondary N) is 4. The first-order valence-electron chi connectivity index (χ1n) is 29.0. The maximum Gasteiger partial charge on any atom is 0.397 e. The molecule has 7 aliphatic heterocycles. The minimum Gasteiger partial charge on any atom is -0.394 e. The van der Waals surface area contributed by atoms with Gasteiger partial charge in [-0.25, -0.2) is 4.18 Å². The maximum atomic E-state index is 13.3. The van der Waals surface area contributed by atoms with Crippen molar-refractivity contribution in [1.29, 1.82) is 0 Å². The van der Waals surface area contributed by atoms with E-state index in [9.17, 15) is 114 Å². The molecule has 7 aliphatic rings. The van der Waals surface area contributed by atoms with Crippen LogP contribution < -0.4 is 21.3 Å². The van der Waals surface area contributed by atoms with Crippen molar-refractivity contribution in [3.05, 3.63) is 0 Å². The van der Waals surface area contributed by atoms with Gasteiger partial charge in [-0.15, -0.1) is 0 Å². The number of amides is 4. The molecule has 0 saturated carbocycles. The van der Waals surface area contributed by atoms with Gasteiger partial charge in [-0.2, -0.15) is 8.42 Å². The molecule has 7 saturated heterocycles. The number of rotatable bonds is 23. The van der Waals surface area contributed by atoms with E-state index in [2.05, 4.69) is 25.5 Å². The van der Waals surface area contributed by atoms with Crippen molar-refractivity contribution in [1.82, 2.24) is 21.3 Å². The van der Waals surface area contributed by atoms with Gasteiger partial charge in [0, 0.05) is 27.7 Å². The maximum absolute atomic E-state index is 13.3.